The van der Waals surface area contributed by atoms with Crippen molar-refractivity contribution in [3.05, 3.63) is 70.6 Å². The standard InChI is InChI=1S/C20H23N3O2/c1-15(23-18-10-6-5-9-17(18)21-20(23)24)19-14-22(11-12-25-19)13-16-7-3-2-4-8-16/h2-10,15,19H,11-14H2,1H3,(H,21,24). The minimum Gasteiger partial charge on any atom is -0.373 e. The number of aromatic amines is 1. The van der Waals surface area contributed by atoms with Crippen molar-refractivity contribution in [1.29, 1.82) is 0 Å². The van der Waals surface area contributed by atoms with Crippen molar-refractivity contribution in [2.24, 2.45) is 0 Å². The van der Waals surface area contributed by atoms with Gasteiger partial charge in [0.05, 0.1) is 29.8 Å². The number of H-pyrrole nitrogens is 1. The number of nitrogens with zero attached hydrogens (tertiary/aromatic N) is 2. The number of para-hydroxylation sites is 2. The second kappa shape index (κ2) is 6.86. The monoisotopic (exact) mass is 337 g/mol. The lowest BCUT2D eigenvalue weighted by atomic mass is 10.1. The van der Waals surface area contributed by atoms with Crippen molar-refractivity contribution < 1.29 is 4.74 Å². The van der Waals surface area contributed by atoms with E-state index >= 15 is 0 Å². The molecule has 4 rings (SSSR count). The van der Waals surface area contributed by atoms with Crippen LogP contribution in [0.1, 0.15) is 18.5 Å². The summed E-state index contributed by atoms with van der Waals surface area (Å²) in [5.74, 6) is 0. The van der Waals surface area contributed by atoms with Crippen LogP contribution in [0.15, 0.2) is 59.4 Å². The highest BCUT2D eigenvalue weighted by atomic mass is 16.5. The molecule has 0 amide bonds. The van der Waals surface area contributed by atoms with Gasteiger partial charge in [0.25, 0.3) is 0 Å². The van der Waals surface area contributed by atoms with Crippen LogP contribution in [0.25, 0.3) is 11.0 Å². The molecular weight excluding hydrogens is 314 g/mol. The quantitative estimate of drug-likeness (QED) is 0.796. The van der Waals surface area contributed by atoms with E-state index in [1.807, 2.05) is 34.9 Å². The molecule has 2 unspecified atom stereocenters. The highest BCUT2D eigenvalue weighted by Crippen LogP contribution is 2.22. The molecule has 0 aliphatic carbocycles. The van der Waals surface area contributed by atoms with Gasteiger partial charge in [-0.05, 0) is 24.6 Å². The zero-order valence-corrected chi connectivity index (χ0v) is 14.4. The molecule has 5 heteroatoms. The Morgan fingerprint density at radius 3 is 2.76 bits per heavy atom. The van der Waals surface area contributed by atoms with E-state index in [1.54, 1.807) is 0 Å². The maximum absolute atomic E-state index is 12.4. The van der Waals surface area contributed by atoms with Crippen molar-refractivity contribution in [2.45, 2.75) is 25.6 Å². The Hall–Kier alpha value is -2.37. The average molecular weight is 337 g/mol. The summed E-state index contributed by atoms with van der Waals surface area (Å²) in [6.07, 6.45) is -0.00521. The van der Waals surface area contributed by atoms with Crippen LogP contribution < -0.4 is 5.69 Å². The number of aromatic nitrogens is 2. The molecule has 0 saturated carbocycles. The minimum atomic E-state index is -0.0718. The van der Waals surface area contributed by atoms with Crippen LogP contribution in [0, 0.1) is 0 Å². The summed E-state index contributed by atoms with van der Waals surface area (Å²) in [4.78, 5) is 17.8. The molecule has 1 saturated heterocycles. The van der Waals surface area contributed by atoms with Gasteiger partial charge in [-0.15, -0.1) is 0 Å². The molecule has 5 nitrogen and oxygen atoms in total. The molecular formula is C20H23N3O2. The smallest absolute Gasteiger partial charge is 0.326 e. The molecule has 1 aliphatic rings. The van der Waals surface area contributed by atoms with Crippen LogP contribution in [-0.4, -0.2) is 40.3 Å². The molecule has 2 aromatic carbocycles. The molecule has 0 bridgehead atoms. The maximum Gasteiger partial charge on any atom is 0.326 e. The third-order valence-electron chi connectivity index (χ3n) is 5.00. The Morgan fingerprint density at radius 2 is 1.92 bits per heavy atom. The first-order valence-corrected chi connectivity index (χ1v) is 8.79. The minimum absolute atomic E-state index is 0.00521. The number of rotatable bonds is 4. The van der Waals surface area contributed by atoms with E-state index in [0.29, 0.717) is 6.61 Å². The second-order valence-corrected chi connectivity index (χ2v) is 6.69. The van der Waals surface area contributed by atoms with Gasteiger partial charge in [-0.3, -0.25) is 9.47 Å². The lowest BCUT2D eigenvalue weighted by molar-refractivity contribution is -0.0529. The zero-order valence-electron chi connectivity index (χ0n) is 14.4. The van der Waals surface area contributed by atoms with E-state index in [-0.39, 0.29) is 17.8 Å². The number of nitrogens with one attached hydrogen (secondary N) is 1. The Bertz CT molecular complexity index is 900. The normalized spacial score (nSPS) is 20.0. The number of hydrogen-bond donors (Lipinski definition) is 1. The Morgan fingerprint density at radius 1 is 1.16 bits per heavy atom. The summed E-state index contributed by atoms with van der Waals surface area (Å²) in [6.45, 7) is 5.41. The number of hydrogen-bond acceptors (Lipinski definition) is 3. The van der Waals surface area contributed by atoms with Gasteiger partial charge in [0.1, 0.15) is 0 Å². The molecule has 0 radical (unpaired) electrons. The molecule has 1 aromatic heterocycles. The SMILES string of the molecule is CC(C1CN(Cc2ccccc2)CCO1)n1c(=O)[nH]c2ccccc21. The Balaban J connectivity index is 1.54. The van der Waals surface area contributed by atoms with Crippen LogP contribution >= 0.6 is 0 Å². The summed E-state index contributed by atoms with van der Waals surface area (Å²) in [7, 11) is 0. The Kier molecular flexibility index (Phi) is 4.42. The number of fused-ring (bicyclic) bond motifs is 1. The number of ether oxygens (including phenoxy) is 1. The van der Waals surface area contributed by atoms with Crippen LogP contribution in [0.5, 0.6) is 0 Å². The van der Waals surface area contributed by atoms with Crippen molar-refractivity contribution in [3.8, 4) is 0 Å². The van der Waals surface area contributed by atoms with Gasteiger partial charge in [0.2, 0.25) is 0 Å². The molecule has 1 N–H and O–H groups in total. The van der Waals surface area contributed by atoms with Gasteiger partial charge in [0.15, 0.2) is 0 Å². The zero-order chi connectivity index (χ0) is 17.2. The summed E-state index contributed by atoms with van der Waals surface area (Å²) in [5.41, 5.74) is 3.04. The molecule has 0 spiro atoms. The van der Waals surface area contributed by atoms with Gasteiger partial charge in [-0.25, -0.2) is 4.79 Å². The Labute approximate surface area is 146 Å². The van der Waals surface area contributed by atoms with Crippen molar-refractivity contribution in [2.75, 3.05) is 19.7 Å². The molecule has 2 heterocycles. The van der Waals surface area contributed by atoms with Gasteiger partial charge in [-0.2, -0.15) is 0 Å². The predicted octanol–water partition coefficient (Wildman–Crippen LogP) is 2.79. The van der Waals surface area contributed by atoms with E-state index in [2.05, 4.69) is 41.1 Å². The van der Waals surface area contributed by atoms with E-state index < -0.39 is 0 Å². The molecule has 1 aliphatic heterocycles. The van der Waals surface area contributed by atoms with E-state index in [0.717, 1.165) is 30.7 Å². The summed E-state index contributed by atoms with van der Waals surface area (Å²) in [5, 5.41) is 0. The third-order valence-corrected chi connectivity index (χ3v) is 5.00. The van der Waals surface area contributed by atoms with E-state index in [9.17, 15) is 4.79 Å². The lowest BCUT2D eigenvalue weighted by Crippen LogP contribution is -2.46. The van der Waals surface area contributed by atoms with Crippen LogP contribution in [0.3, 0.4) is 0 Å². The highest BCUT2D eigenvalue weighted by molar-refractivity contribution is 5.75. The molecule has 1 fully saturated rings. The van der Waals surface area contributed by atoms with Crippen molar-refractivity contribution in [3.63, 3.8) is 0 Å². The van der Waals surface area contributed by atoms with Crippen molar-refractivity contribution >= 4 is 11.0 Å². The molecule has 2 atom stereocenters. The van der Waals surface area contributed by atoms with Crippen LogP contribution in [0.2, 0.25) is 0 Å². The topological polar surface area (TPSA) is 50.3 Å². The van der Waals surface area contributed by atoms with E-state index in [1.165, 1.54) is 5.56 Å². The first-order chi connectivity index (χ1) is 12.2. The molecule has 3 aromatic rings. The molecule has 25 heavy (non-hydrogen) atoms. The van der Waals surface area contributed by atoms with Crippen LogP contribution in [-0.2, 0) is 11.3 Å². The summed E-state index contributed by atoms with van der Waals surface area (Å²) >= 11 is 0. The average Bonchev–Trinajstić information content (AvgIpc) is 2.98. The lowest BCUT2D eigenvalue weighted by Gasteiger charge is -2.36. The fourth-order valence-electron chi connectivity index (χ4n) is 3.65. The number of benzene rings is 2. The maximum atomic E-state index is 12.4. The third kappa shape index (κ3) is 3.25. The van der Waals surface area contributed by atoms with Crippen LogP contribution in [0.4, 0.5) is 0 Å². The van der Waals surface area contributed by atoms with Crippen molar-refractivity contribution in [1.82, 2.24) is 14.5 Å². The predicted molar refractivity (Wildman–Crippen MR) is 98.7 cm³/mol. The van der Waals surface area contributed by atoms with Gasteiger partial charge < -0.3 is 9.72 Å². The molecule has 130 valence electrons. The van der Waals surface area contributed by atoms with Gasteiger partial charge in [-0.1, -0.05) is 42.5 Å². The highest BCUT2D eigenvalue weighted by Gasteiger charge is 2.28. The largest absolute Gasteiger partial charge is 0.373 e. The first kappa shape index (κ1) is 16.1. The number of imidazole rings is 1. The van der Waals surface area contributed by atoms with Gasteiger partial charge >= 0.3 is 5.69 Å². The number of morpholine rings is 1. The fourth-order valence-corrected chi connectivity index (χ4v) is 3.65. The second-order valence-electron chi connectivity index (χ2n) is 6.69. The summed E-state index contributed by atoms with van der Waals surface area (Å²) < 4.78 is 7.85. The van der Waals surface area contributed by atoms with Gasteiger partial charge in [0, 0.05) is 19.6 Å². The summed E-state index contributed by atoms with van der Waals surface area (Å²) in [6, 6.07) is 18.3. The fraction of sp³-hybridized carbons (Fsp3) is 0.350. The first-order valence-electron chi connectivity index (χ1n) is 8.79. The van der Waals surface area contributed by atoms with E-state index in [4.69, 9.17) is 4.74 Å².